The minimum Gasteiger partial charge on any atom is -0.741 e. The van der Waals surface area contributed by atoms with E-state index in [-0.39, 0.29) is 52.4 Å². The van der Waals surface area contributed by atoms with Gasteiger partial charge in [0.25, 0.3) is 0 Å². The van der Waals surface area contributed by atoms with Crippen molar-refractivity contribution in [3.8, 4) is 33.8 Å². The SMILES string of the molecule is CC(C)O.CC(C)O.Cc1ccnc(-c2[c-]cc(C(F)(F)F)nc2)c1.Cc1ccnc(-c2[c-]cc(C(F)(F)F)nc2)c1.Cc1ccnc(-c2ccc(C(F)(F)F)nc2)c1.O=S(=O)([O-])C(F)(F)F.[Ir].[Ir]. The number of aromatic nitrogens is 6. The fraction of sp³-hybridized carbons (Fsp3) is 0.302. The number of rotatable bonds is 3. The van der Waals surface area contributed by atoms with Crippen LogP contribution in [0.5, 0.6) is 0 Å². The van der Waals surface area contributed by atoms with E-state index in [0.29, 0.717) is 33.8 Å². The van der Waals surface area contributed by atoms with Gasteiger partial charge in [-0.2, -0.15) is 52.7 Å². The molecule has 69 heavy (non-hydrogen) atoms. The van der Waals surface area contributed by atoms with Crippen molar-refractivity contribution < 1.29 is 116 Å². The van der Waals surface area contributed by atoms with E-state index in [9.17, 15) is 52.7 Å². The van der Waals surface area contributed by atoms with Gasteiger partial charge in [-0.05, 0) is 102 Å². The summed E-state index contributed by atoms with van der Waals surface area (Å²) in [5, 5.41) is 16.1. The second kappa shape index (κ2) is 29.4. The number of nitrogens with zero attached hydrogens (tertiary/aromatic N) is 6. The molecule has 0 saturated carbocycles. The molecule has 26 heteroatoms. The summed E-state index contributed by atoms with van der Waals surface area (Å²) in [5.41, 5.74) is -2.29. The molecule has 6 heterocycles. The van der Waals surface area contributed by atoms with E-state index in [0.717, 1.165) is 47.3 Å². The number of hydrogen-bond donors (Lipinski definition) is 2. The molecule has 6 aromatic heterocycles. The maximum Gasteiger partial charge on any atom is 0.485 e. The van der Waals surface area contributed by atoms with Gasteiger partial charge in [-0.25, -0.2) is 8.42 Å². The minimum absolute atomic E-state index is 0. The normalized spacial score (nSPS) is 11.2. The molecule has 0 fully saturated rings. The Morgan fingerprint density at radius 2 is 0.797 bits per heavy atom. The fourth-order valence-corrected chi connectivity index (χ4v) is 4.07. The second-order valence-electron chi connectivity index (χ2n) is 13.9. The minimum atomic E-state index is -6.09. The molecule has 0 saturated heterocycles. The first-order valence-corrected chi connectivity index (χ1v) is 20.1. The van der Waals surface area contributed by atoms with E-state index < -0.39 is 51.2 Å². The average Bonchev–Trinajstić information content (AvgIpc) is 3.20. The summed E-state index contributed by atoms with van der Waals surface area (Å²) < 4.78 is 170. The monoisotopic (exact) mass is 1370 g/mol. The summed E-state index contributed by atoms with van der Waals surface area (Å²) >= 11 is 0. The van der Waals surface area contributed by atoms with Crippen LogP contribution in [0.3, 0.4) is 0 Å². The van der Waals surface area contributed by atoms with Crippen molar-refractivity contribution in [1.29, 1.82) is 0 Å². The molecule has 0 atom stereocenters. The van der Waals surface area contributed by atoms with Crippen molar-refractivity contribution in [1.82, 2.24) is 29.9 Å². The third-order valence-corrected chi connectivity index (χ3v) is 7.47. The van der Waals surface area contributed by atoms with Crippen LogP contribution in [0.15, 0.2) is 97.8 Å². The van der Waals surface area contributed by atoms with Crippen molar-refractivity contribution in [2.45, 2.75) is 84.7 Å². The van der Waals surface area contributed by atoms with Crippen LogP contribution in [0, 0.1) is 32.9 Å². The Hall–Kier alpha value is -4.81. The van der Waals surface area contributed by atoms with Crippen molar-refractivity contribution in [3.05, 3.63) is 144 Å². The van der Waals surface area contributed by atoms with Crippen LogP contribution in [0.2, 0.25) is 0 Å². The van der Waals surface area contributed by atoms with Crippen molar-refractivity contribution in [2.75, 3.05) is 0 Å². The maximum atomic E-state index is 12.3. The first-order chi connectivity index (χ1) is 30.6. The van der Waals surface area contributed by atoms with Gasteiger partial charge in [0.15, 0.2) is 10.1 Å². The number of aliphatic hydroxyl groups is 2. The Morgan fingerprint density at radius 3 is 1.03 bits per heavy atom. The molecule has 0 amide bonds. The van der Waals surface area contributed by atoms with Crippen LogP contribution >= 0.6 is 0 Å². The summed E-state index contributed by atoms with van der Waals surface area (Å²) in [6, 6.07) is 19.8. The molecular formula is C43H41F12Ir2N6O5S-3. The van der Waals surface area contributed by atoms with Gasteiger partial charge in [0.05, 0.1) is 17.1 Å². The number of aryl methyl sites for hydroxylation is 3. The summed E-state index contributed by atoms with van der Waals surface area (Å²) in [4.78, 5) is 22.3. The van der Waals surface area contributed by atoms with Gasteiger partial charge in [0.1, 0.15) is 5.69 Å². The van der Waals surface area contributed by atoms with Gasteiger partial charge < -0.3 is 34.7 Å². The molecule has 2 radical (unpaired) electrons. The van der Waals surface area contributed by atoms with Crippen LogP contribution < -0.4 is 0 Å². The fourth-order valence-electron chi connectivity index (χ4n) is 4.07. The molecule has 0 aliphatic carbocycles. The van der Waals surface area contributed by atoms with Crippen LogP contribution in [-0.4, -0.2) is 70.8 Å². The molecule has 0 aliphatic rings. The third-order valence-electron chi connectivity index (χ3n) is 6.91. The number of pyridine rings is 6. The molecule has 6 aromatic rings. The molecule has 0 bridgehead atoms. The summed E-state index contributed by atoms with van der Waals surface area (Å²) in [5.74, 6) is 0. The zero-order valence-electron chi connectivity index (χ0n) is 36.8. The second-order valence-corrected chi connectivity index (χ2v) is 15.2. The molecule has 0 spiro atoms. The Bertz CT molecular complexity index is 2270. The van der Waals surface area contributed by atoms with E-state index in [2.05, 4.69) is 42.0 Å². The molecular weight excluding hydrogens is 1320 g/mol. The zero-order chi connectivity index (χ0) is 51.6. The van der Waals surface area contributed by atoms with Gasteiger partial charge >= 0.3 is 24.0 Å². The van der Waals surface area contributed by atoms with Crippen LogP contribution in [0.25, 0.3) is 33.8 Å². The van der Waals surface area contributed by atoms with Crippen molar-refractivity contribution in [2.24, 2.45) is 0 Å². The van der Waals surface area contributed by atoms with Gasteiger partial charge in [-0.3, -0.25) is 9.97 Å². The Balaban J connectivity index is 0. The maximum absolute atomic E-state index is 12.3. The largest absolute Gasteiger partial charge is 0.741 e. The summed E-state index contributed by atoms with van der Waals surface area (Å²) in [7, 11) is -6.09. The van der Waals surface area contributed by atoms with Gasteiger partial charge in [0.2, 0.25) is 0 Å². The van der Waals surface area contributed by atoms with Gasteiger partial charge in [0, 0.05) is 82.8 Å². The standard InChI is InChI=1S/C12H9F3N2.2C12H8F3N2.2C3H8O.CHF3O3S.2Ir/c3*1-8-4-5-16-10(6-8)9-2-3-11(17-7-9)12(13,14)15;2*1-3(2)4;2-1(3,4)8(5,6)7;;/h2-7H,1H3;2*3-7H,1H3;2*3-4H,1-2H3;(H,5,6,7);;/q;2*-1;;;;;/p-1. The molecule has 11 nitrogen and oxygen atoms in total. The Morgan fingerprint density at radius 1 is 0.507 bits per heavy atom. The smallest absolute Gasteiger partial charge is 0.485 e. The first-order valence-electron chi connectivity index (χ1n) is 18.7. The first kappa shape index (κ1) is 66.3. The summed E-state index contributed by atoms with van der Waals surface area (Å²) in [6.07, 6.45) is -5.36. The van der Waals surface area contributed by atoms with Gasteiger partial charge in [-0.15, -0.1) is 35.4 Å². The average molecular weight is 1370 g/mol. The summed E-state index contributed by atoms with van der Waals surface area (Å²) in [6.45, 7) is 12.5. The van der Waals surface area contributed by atoms with E-state index >= 15 is 0 Å². The van der Waals surface area contributed by atoms with Crippen LogP contribution in [0.1, 0.15) is 61.5 Å². The van der Waals surface area contributed by atoms with E-state index in [1.807, 2.05) is 26.8 Å². The zero-order valence-corrected chi connectivity index (χ0v) is 42.4. The topological polar surface area (TPSA) is 175 Å². The quantitative estimate of drug-likeness (QED) is 0.0747. The number of hydrogen-bond acceptors (Lipinski definition) is 11. The predicted molar refractivity (Wildman–Crippen MR) is 220 cm³/mol. The molecule has 2 N–H and O–H groups in total. The van der Waals surface area contributed by atoms with Crippen LogP contribution in [-0.2, 0) is 68.9 Å². The molecule has 0 aliphatic heterocycles. The molecule has 6 rings (SSSR count). The van der Waals surface area contributed by atoms with E-state index in [4.69, 9.17) is 23.2 Å². The Labute approximate surface area is 416 Å². The molecule has 384 valence electrons. The van der Waals surface area contributed by atoms with Gasteiger partial charge in [-0.1, -0.05) is 35.7 Å². The molecule has 0 aromatic carbocycles. The number of halogens is 12. The Kier molecular flexibility index (Phi) is 28.2. The number of aliphatic hydroxyl groups excluding tert-OH is 2. The van der Waals surface area contributed by atoms with Crippen molar-refractivity contribution in [3.63, 3.8) is 0 Å². The number of alkyl halides is 12. The van der Waals surface area contributed by atoms with Crippen LogP contribution in [0.4, 0.5) is 52.7 Å². The van der Waals surface area contributed by atoms with Crippen molar-refractivity contribution >= 4 is 10.1 Å². The van der Waals surface area contributed by atoms with E-state index in [1.165, 1.54) is 12.3 Å². The molecule has 0 unspecified atom stereocenters. The van der Waals surface area contributed by atoms with E-state index in [1.54, 1.807) is 76.6 Å². The predicted octanol–water partition coefficient (Wildman–Crippen LogP) is 10.8. The third kappa shape index (κ3) is 26.7.